The molecule has 1 heterocycles. The molecule has 0 amide bonds. The van der Waals surface area contributed by atoms with Crippen LogP contribution in [0.2, 0.25) is 0 Å². The molecule has 0 saturated heterocycles. The van der Waals surface area contributed by atoms with Crippen LogP contribution in [0.3, 0.4) is 0 Å². The second kappa shape index (κ2) is 12.4. The van der Waals surface area contributed by atoms with E-state index in [4.69, 9.17) is 30.9 Å². The third kappa shape index (κ3) is 13.0. The number of fused-ring (bicyclic) bond motifs is 1. The lowest BCUT2D eigenvalue weighted by Gasteiger charge is -2.15. The molecule has 11 nitrogen and oxygen atoms in total. The zero-order valence-corrected chi connectivity index (χ0v) is 13.6. The number of aliphatic carboxylic acids is 4. The van der Waals surface area contributed by atoms with Gasteiger partial charge in [0.25, 0.3) is 0 Å². The molecule has 0 bridgehead atoms. The number of rotatable bonds is 4. The Morgan fingerprint density at radius 1 is 0.852 bits per heavy atom. The van der Waals surface area contributed by atoms with Crippen molar-refractivity contribution in [1.82, 2.24) is 0 Å². The Kier molecular flexibility index (Phi) is 10.6. The predicted octanol–water partition coefficient (Wildman–Crippen LogP) is 0.490. The van der Waals surface area contributed by atoms with Gasteiger partial charge in [0.2, 0.25) is 0 Å². The summed E-state index contributed by atoms with van der Waals surface area (Å²) in [5.41, 5.74) is 6.32. The first-order valence-corrected chi connectivity index (χ1v) is 6.95. The highest BCUT2D eigenvalue weighted by atomic mass is 16.5. The number of nitrogens with zero attached hydrogens (tertiary/aromatic N) is 1. The molecule has 1 atom stereocenters. The molecule has 1 aromatic rings. The third-order valence-electron chi connectivity index (χ3n) is 2.23. The fourth-order valence-electron chi connectivity index (χ4n) is 1.28. The van der Waals surface area contributed by atoms with Gasteiger partial charge in [0.15, 0.2) is 6.23 Å². The molecule has 6 N–H and O–H groups in total. The zero-order chi connectivity index (χ0) is 20.8. The maximum atomic E-state index is 9.55. The molecule has 11 heteroatoms. The van der Waals surface area contributed by atoms with Crippen LogP contribution in [0.4, 0.5) is 5.69 Å². The summed E-state index contributed by atoms with van der Waals surface area (Å²) in [6, 6.07) is 7.55. The van der Waals surface area contributed by atoms with Crippen molar-refractivity contribution >= 4 is 35.8 Å². The number of para-hydroxylation sites is 2. The summed E-state index contributed by atoms with van der Waals surface area (Å²) >= 11 is 0. The van der Waals surface area contributed by atoms with Crippen molar-refractivity contribution < 1.29 is 44.3 Å². The summed E-state index contributed by atoms with van der Waals surface area (Å²) in [6.45, 7) is 0. The first-order chi connectivity index (χ1) is 12.6. The van der Waals surface area contributed by atoms with Crippen LogP contribution in [0, 0.1) is 0 Å². The van der Waals surface area contributed by atoms with Crippen molar-refractivity contribution in [2.24, 2.45) is 10.7 Å². The predicted molar refractivity (Wildman–Crippen MR) is 92.0 cm³/mol. The first-order valence-electron chi connectivity index (χ1n) is 6.95. The number of carboxylic acid groups (broad SMARTS) is 4. The largest absolute Gasteiger partial charge is 0.478 e. The van der Waals surface area contributed by atoms with Crippen LogP contribution in [0.15, 0.2) is 53.6 Å². The van der Waals surface area contributed by atoms with E-state index in [2.05, 4.69) is 4.99 Å². The minimum Gasteiger partial charge on any atom is -0.478 e. The molecule has 1 aromatic carbocycles. The quantitative estimate of drug-likeness (QED) is 0.458. The Hall–Kier alpha value is -3.99. The molecule has 0 aromatic heterocycles. The second-order valence-electron chi connectivity index (χ2n) is 4.35. The van der Waals surface area contributed by atoms with E-state index in [1.54, 1.807) is 6.21 Å². The Balaban J connectivity index is 0.000000387. The van der Waals surface area contributed by atoms with Crippen molar-refractivity contribution in [3.8, 4) is 5.75 Å². The molecule has 1 aliphatic heterocycles. The lowest BCUT2D eigenvalue weighted by Crippen LogP contribution is -2.30. The Morgan fingerprint density at radius 2 is 1.26 bits per heavy atom. The van der Waals surface area contributed by atoms with Gasteiger partial charge in [0.05, 0.1) is 6.21 Å². The molecule has 27 heavy (non-hydrogen) atoms. The lowest BCUT2D eigenvalue weighted by atomic mass is 10.3. The van der Waals surface area contributed by atoms with Gasteiger partial charge in [-0.05, 0) is 12.1 Å². The van der Waals surface area contributed by atoms with Gasteiger partial charge >= 0.3 is 23.9 Å². The molecule has 0 spiro atoms. The number of nitrogens with two attached hydrogens (primary N) is 1. The number of hydrogen-bond donors (Lipinski definition) is 5. The Morgan fingerprint density at radius 3 is 1.67 bits per heavy atom. The Labute approximate surface area is 152 Å². The number of aliphatic imine (C=N–C) groups is 1. The first kappa shape index (κ1) is 23.0. The van der Waals surface area contributed by atoms with E-state index in [0.717, 1.165) is 11.4 Å². The van der Waals surface area contributed by atoms with E-state index in [9.17, 15) is 19.2 Å². The number of hydrogen-bond acceptors (Lipinski definition) is 7. The summed E-state index contributed by atoms with van der Waals surface area (Å²) < 4.78 is 5.26. The van der Waals surface area contributed by atoms with Crippen LogP contribution in [0.25, 0.3) is 0 Å². The second-order valence-corrected chi connectivity index (χ2v) is 4.35. The third-order valence-corrected chi connectivity index (χ3v) is 2.23. The minimum absolute atomic E-state index is 0.398. The molecule has 0 fully saturated rings. The Bertz CT molecular complexity index is 703. The van der Waals surface area contributed by atoms with Crippen molar-refractivity contribution in [3.05, 3.63) is 48.6 Å². The summed E-state index contributed by atoms with van der Waals surface area (Å²) in [7, 11) is 0. The maximum Gasteiger partial charge on any atom is 0.328 e. The van der Waals surface area contributed by atoms with Gasteiger partial charge in [-0.2, -0.15) is 0 Å². The number of ether oxygens (including phenoxy) is 1. The van der Waals surface area contributed by atoms with Gasteiger partial charge in [-0.15, -0.1) is 0 Å². The summed E-state index contributed by atoms with van der Waals surface area (Å²) in [5, 5.41) is 31.2. The number of carboxylic acids is 4. The van der Waals surface area contributed by atoms with Gasteiger partial charge in [0.1, 0.15) is 11.4 Å². The lowest BCUT2D eigenvalue weighted by molar-refractivity contribution is -0.134. The van der Waals surface area contributed by atoms with Crippen LogP contribution < -0.4 is 10.5 Å². The molecule has 1 aliphatic rings. The highest BCUT2D eigenvalue weighted by molar-refractivity contribution is 5.90. The average Bonchev–Trinajstić information content (AvgIpc) is 2.59. The van der Waals surface area contributed by atoms with Crippen molar-refractivity contribution in [1.29, 1.82) is 0 Å². The van der Waals surface area contributed by atoms with Crippen LogP contribution >= 0.6 is 0 Å². The monoisotopic (exact) mass is 380 g/mol. The normalized spacial score (nSPS) is 14.0. The van der Waals surface area contributed by atoms with E-state index in [0.29, 0.717) is 24.3 Å². The SMILES string of the molecule is NC1C=Nc2ccccc2O1.O=C(O)/C=C/C(=O)O.O=C(O)/C=C/C(=O)O. The molecule has 144 valence electrons. The topological polar surface area (TPSA) is 197 Å². The fraction of sp³-hybridized carbons (Fsp3) is 0.0625. The van der Waals surface area contributed by atoms with E-state index >= 15 is 0 Å². The van der Waals surface area contributed by atoms with E-state index in [-0.39, 0.29) is 0 Å². The number of carbonyl (C=O) groups is 4. The van der Waals surface area contributed by atoms with E-state index < -0.39 is 30.1 Å². The van der Waals surface area contributed by atoms with Crippen LogP contribution in [-0.4, -0.2) is 56.7 Å². The maximum absolute atomic E-state index is 9.55. The van der Waals surface area contributed by atoms with Crippen LogP contribution in [0.5, 0.6) is 5.75 Å². The molecule has 2 rings (SSSR count). The highest BCUT2D eigenvalue weighted by Gasteiger charge is 2.09. The summed E-state index contributed by atoms with van der Waals surface area (Å²) in [6.07, 6.45) is 3.42. The van der Waals surface area contributed by atoms with E-state index in [1.165, 1.54) is 0 Å². The van der Waals surface area contributed by atoms with Gasteiger partial charge in [-0.3, -0.25) is 10.7 Å². The van der Waals surface area contributed by atoms with Gasteiger partial charge in [0, 0.05) is 24.3 Å². The molecular formula is C16H16N2O9. The fourth-order valence-corrected chi connectivity index (χ4v) is 1.28. The van der Waals surface area contributed by atoms with Crippen LogP contribution in [0.1, 0.15) is 0 Å². The highest BCUT2D eigenvalue weighted by Crippen LogP contribution is 2.28. The molecule has 0 radical (unpaired) electrons. The van der Waals surface area contributed by atoms with Crippen molar-refractivity contribution in [2.45, 2.75) is 6.23 Å². The van der Waals surface area contributed by atoms with Gasteiger partial charge in [-0.1, -0.05) is 12.1 Å². The molecule has 1 unspecified atom stereocenters. The molecular weight excluding hydrogens is 364 g/mol. The molecule has 0 saturated carbocycles. The molecule has 0 aliphatic carbocycles. The van der Waals surface area contributed by atoms with Crippen molar-refractivity contribution in [2.75, 3.05) is 0 Å². The number of benzene rings is 1. The summed E-state index contributed by atoms with van der Waals surface area (Å²) in [5.74, 6) is -4.28. The van der Waals surface area contributed by atoms with Crippen molar-refractivity contribution in [3.63, 3.8) is 0 Å². The van der Waals surface area contributed by atoms with Crippen LogP contribution in [-0.2, 0) is 19.2 Å². The van der Waals surface area contributed by atoms with Gasteiger partial charge in [-0.25, -0.2) is 19.2 Å². The standard InChI is InChI=1S/C8H8N2O.2C4H4O4/c9-8-5-10-6-3-1-2-4-7(6)11-8;2*5-3(6)1-2-4(7)8/h1-5,8H,9H2;2*1-2H,(H,5,6)(H,7,8)/b;2*2-1+. The van der Waals surface area contributed by atoms with Gasteiger partial charge < -0.3 is 25.2 Å². The smallest absolute Gasteiger partial charge is 0.328 e. The minimum atomic E-state index is -1.26. The average molecular weight is 380 g/mol. The zero-order valence-electron chi connectivity index (χ0n) is 13.6. The van der Waals surface area contributed by atoms with E-state index in [1.807, 2.05) is 24.3 Å². The summed E-state index contributed by atoms with van der Waals surface area (Å²) in [4.78, 5) is 42.3.